The summed E-state index contributed by atoms with van der Waals surface area (Å²) in [6.45, 7) is 2.51. The maximum atomic E-state index is 12.2. The lowest BCUT2D eigenvalue weighted by atomic mass is 10.1. The molecular formula is C74H79N17O21S3. The van der Waals surface area contributed by atoms with E-state index in [-0.39, 0.29) is 74.2 Å². The Labute approximate surface area is 667 Å². The molecule has 0 unspecified atom stereocenters. The number of carboxylic acids is 2. The van der Waals surface area contributed by atoms with Crippen molar-refractivity contribution in [2.24, 2.45) is 11.6 Å². The van der Waals surface area contributed by atoms with Gasteiger partial charge in [-0.05, 0) is 42.9 Å². The minimum atomic E-state index is -1.09. The number of nitrogens with two attached hydrogens (primary N) is 2. The van der Waals surface area contributed by atoms with E-state index in [0.717, 1.165) is 57.4 Å². The number of aromatic carboxylic acids is 1. The Morgan fingerprint density at radius 3 is 1.14 bits per heavy atom. The third kappa shape index (κ3) is 27.2. The van der Waals surface area contributed by atoms with Crippen molar-refractivity contribution in [3.63, 3.8) is 0 Å². The van der Waals surface area contributed by atoms with Gasteiger partial charge in [0.1, 0.15) is 43.3 Å². The van der Waals surface area contributed by atoms with Crippen LogP contribution in [0.3, 0.4) is 0 Å². The lowest BCUT2D eigenvalue weighted by molar-refractivity contribution is -0.137. The molecule has 0 atom stereocenters. The third-order valence-electron chi connectivity index (χ3n) is 15.2. The van der Waals surface area contributed by atoms with Crippen LogP contribution in [-0.2, 0) is 81.9 Å². The Bertz CT molecular complexity index is 4810. The highest BCUT2D eigenvalue weighted by Crippen LogP contribution is 2.27. The fourth-order valence-electron chi connectivity index (χ4n) is 9.94. The van der Waals surface area contributed by atoms with Crippen molar-refractivity contribution in [2.45, 2.75) is 51.9 Å². The summed E-state index contributed by atoms with van der Waals surface area (Å²) in [5.74, 6) is -0.170. The van der Waals surface area contributed by atoms with Crippen molar-refractivity contribution in [3.8, 4) is 22.6 Å². The number of carbonyl (C=O) groups excluding carboxylic acids is 10. The van der Waals surface area contributed by atoms with Gasteiger partial charge in [-0.15, -0.1) is 30.6 Å². The Morgan fingerprint density at radius 2 is 0.774 bits per heavy atom. The number of ether oxygens (including phenoxy) is 5. The zero-order chi connectivity index (χ0) is 83.2. The number of carbonyl (C=O) groups is 12. The summed E-state index contributed by atoms with van der Waals surface area (Å²) in [4.78, 5) is 141. The van der Waals surface area contributed by atoms with Crippen molar-refractivity contribution in [2.75, 3.05) is 81.5 Å². The number of rotatable bonds is 28. The Balaban J connectivity index is 0.000000190. The van der Waals surface area contributed by atoms with E-state index in [4.69, 9.17) is 39.2 Å². The van der Waals surface area contributed by atoms with Crippen molar-refractivity contribution < 1.29 is 100 Å². The molecule has 10 aromatic rings. The maximum absolute atomic E-state index is 12.2. The molecule has 0 radical (unpaired) electrons. The minimum absolute atomic E-state index is 0.0243. The van der Waals surface area contributed by atoms with Gasteiger partial charge in [0.15, 0.2) is 22.9 Å². The summed E-state index contributed by atoms with van der Waals surface area (Å²) in [6, 6.07) is 41.6. The van der Waals surface area contributed by atoms with Crippen LogP contribution < -0.4 is 33.2 Å². The number of aliphatic carboxylic acids is 1. The molecule has 3 aliphatic rings. The fraction of sp³-hybridized carbons (Fsp3) is 0.270. The highest BCUT2D eigenvalue weighted by Gasteiger charge is 2.37. The van der Waals surface area contributed by atoms with E-state index in [2.05, 4.69) is 72.4 Å². The van der Waals surface area contributed by atoms with Crippen molar-refractivity contribution in [1.29, 1.82) is 0 Å². The molecule has 13 rings (SSSR count). The number of aromatic nitrogens is 8. The van der Waals surface area contributed by atoms with E-state index in [1.54, 1.807) is 112 Å². The van der Waals surface area contributed by atoms with Crippen LogP contribution in [0.2, 0.25) is 0 Å². The predicted molar refractivity (Wildman–Crippen MR) is 410 cm³/mol. The van der Waals surface area contributed by atoms with Gasteiger partial charge in [-0.1, -0.05) is 141 Å². The van der Waals surface area contributed by atoms with E-state index in [1.165, 1.54) is 47.9 Å². The van der Waals surface area contributed by atoms with E-state index in [9.17, 15) is 57.5 Å². The van der Waals surface area contributed by atoms with Gasteiger partial charge in [-0.2, -0.15) is 0 Å². The van der Waals surface area contributed by atoms with E-state index in [0.29, 0.717) is 97.2 Å². The second-order valence-corrected chi connectivity index (χ2v) is 26.8. The Morgan fingerprint density at radius 1 is 0.426 bits per heavy atom. The van der Waals surface area contributed by atoms with Gasteiger partial charge >= 0.3 is 11.9 Å². The number of hydrazine groups is 2. The number of nitrogens with zero attached hydrogens (tertiary/aromatic N) is 11. The smallest absolute Gasteiger partial charge is 0.358 e. The van der Waals surface area contributed by atoms with Crippen LogP contribution in [0.4, 0.5) is 0 Å². The predicted octanol–water partition coefficient (Wildman–Crippen LogP) is 4.91. The maximum Gasteiger partial charge on any atom is 0.358 e. The van der Waals surface area contributed by atoms with Crippen molar-refractivity contribution in [1.82, 2.24) is 77.2 Å². The number of methoxy groups -OCH3 is 5. The van der Waals surface area contributed by atoms with Gasteiger partial charge in [0.25, 0.3) is 53.2 Å². The highest BCUT2D eigenvalue weighted by atomic mass is 32.1. The third-order valence-corrected chi connectivity index (χ3v) is 18.1. The fourth-order valence-corrected chi connectivity index (χ4v) is 12.4. The molecule has 0 spiro atoms. The molecule has 5 aromatic heterocycles. The van der Waals surface area contributed by atoms with Gasteiger partial charge in [-0.25, -0.2) is 10.6 Å². The molecule has 115 heavy (non-hydrogen) atoms. The summed E-state index contributed by atoms with van der Waals surface area (Å²) in [6.07, 6.45) is 1.58. The van der Waals surface area contributed by atoms with Crippen molar-refractivity contribution in [3.05, 3.63) is 220 Å². The number of nitrogens with one attached hydrogen (secondary N) is 4. The zero-order valence-corrected chi connectivity index (χ0v) is 64.9. The van der Waals surface area contributed by atoms with Crippen molar-refractivity contribution >= 4 is 105 Å². The molecule has 604 valence electrons. The SMILES string of the molecule is COCC(=O)NN.COCC(=O)NNC(=O)CCN1C(=O)c2ccccc2C1=O.COCc1nnc(CCN)s1.COCc1nnc(CCN2C(=O)c3ccccc3C2=O)s1.COCc1nnc(CCNC(=O)c2cc(-c3ccccc3)on2)s1.O=C(O)CCN1C(=O)c2ccccc2C1=O.O=C(O)c1cc(-c2ccccc2)on1. The number of carboxylic acid groups (broad SMARTS) is 2. The van der Waals surface area contributed by atoms with Gasteiger partial charge < -0.3 is 54.0 Å². The molecule has 3 aliphatic heterocycles. The van der Waals surface area contributed by atoms with Crippen LogP contribution in [0, 0.1) is 0 Å². The summed E-state index contributed by atoms with van der Waals surface area (Å²) < 4.78 is 34.0. The largest absolute Gasteiger partial charge is 0.481 e. The summed E-state index contributed by atoms with van der Waals surface area (Å²) in [5.41, 5.74) is 15.7. The first-order valence-electron chi connectivity index (χ1n) is 34.4. The molecule has 8 heterocycles. The molecule has 41 heteroatoms. The van der Waals surface area contributed by atoms with E-state index >= 15 is 0 Å². The lowest BCUT2D eigenvalue weighted by Gasteiger charge is -2.13. The number of amides is 10. The Kier molecular flexibility index (Phi) is 36.4. The standard InChI is InChI=1S/C16H16N4O3S.C14H15N3O5.C14H13N3O3S.C11H9NO4.C10H7NO3.C6H11N3OS.C3H8N2O2/c1-22-10-15-19-18-14(24-15)7-8-17-16(21)12-9-13(23-20-12)11-5-3-2-4-6-11;1-22-8-12(19)16-15-11(18)6-7-17-13(20)9-4-2-3-5-10(9)14(17)21;1-20-8-12-16-15-11(21-12)6-7-17-13(18)9-4-2-3-5-10(9)14(17)19;13-9(14)5-6-12-10(15)7-3-1-2-4-8(7)11(12)16;12-10(13)8-6-9(14-11-8)7-4-2-1-3-5-7;1-10-4-6-9-8-5(11-6)2-3-7;1-7-2-3(6)5-4/h2-6,9H,7-8,10H2,1H3,(H,17,21);2-5H,6-8H2,1H3,(H,15,18)(H,16,19);2-5H,6-8H2,1H3;1-4H,5-6H2,(H,13,14);1-6H,(H,12,13);2-4,7H2,1H3;2,4H2,1H3,(H,5,6). The molecule has 10 amide bonds. The summed E-state index contributed by atoms with van der Waals surface area (Å²) in [7, 11) is 7.63. The van der Waals surface area contributed by atoms with Crippen LogP contribution >= 0.6 is 34.0 Å². The molecule has 0 bridgehead atoms. The second kappa shape index (κ2) is 46.9. The first kappa shape index (κ1) is 89.4. The molecule has 5 aromatic carbocycles. The molecule has 0 saturated carbocycles. The monoisotopic (exact) mass is 1640 g/mol. The summed E-state index contributed by atoms with van der Waals surface area (Å²) >= 11 is 4.46. The van der Waals surface area contributed by atoms with Crippen LogP contribution in [0.1, 0.15) is 126 Å². The lowest BCUT2D eigenvalue weighted by Crippen LogP contribution is -2.44. The summed E-state index contributed by atoms with van der Waals surface area (Å²) in [5, 5.41) is 56.2. The molecule has 38 nitrogen and oxygen atoms in total. The number of benzene rings is 5. The minimum Gasteiger partial charge on any atom is -0.481 e. The number of fused-ring (bicyclic) bond motifs is 3. The normalized spacial score (nSPS) is 11.9. The van der Waals surface area contributed by atoms with Gasteiger partial charge in [0.05, 0.1) is 59.6 Å². The Hall–Kier alpha value is -12.8. The van der Waals surface area contributed by atoms with Crippen LogP contribution in [0.5, 0.6) is 0 Å². The average molecular weight is 1640 g/mol. The highest BCUT2D eigenvalue weighted by molar-refractivity contribution is 7.11. The topological polar surface area (TPSA) is 531 Å². The van der Waals surface area contributed by atoms with Crippen LogP contribution in [-0.4, -0.2) is 218 Å². The number of hydrogen-bond donors (Lipinski definition) is 8. The number of imide groups is 3. The first-order chi connectivity index (χ1) is 55.6. The van der Waals surface area contributed by atoms with Crippen LogP contribution in [0.15, 0.2) is 155 Å². The van der Waals surface area contributed by atoms with Gasteiger partial charge in [0.2, 0.25) is 5.91 Å². The second-order valence-electron chi connectivity index (χ2n) is 23.4. The van der Waals surface area contributed by atoms with Crippen LogP contribution in [0.25, 0.3) is 22.6 Å². The number of hydrogen-bond acceptors (Lipinski definition) is 32. The molecule has 0 fully saturated rings. The average Bonchev–Trinajstić information content (AvgIpc) is 1.65. The van der Waals surface area contributed by atoms with E-state index in [1.807, 2.05) is 66.1 Å². The quantitative estimate of drug-likeness (QED) is 0.0140. The molecular weight excluding hydrogens is 1560 g/mol. The first-order valence-corrected chi connectivity index (χ1v) is 36.8. The van der Waals surface area contributed by atoms with Gasteiger partial charge in [0, 0.05) is 111 Å². The van der Waals surface area contributed by atoms with Gasteiger partial charge in [-0.3, -0.25) is 83.7 Å². The molecule has 0 aliphatic carbocycles. The molecule has 0 saturated heterocycles. The molecule has 10 N–H and O–H groups in total. The zero-order valence-electron chi connectivity index (χ0n) is 62.4. The van der Waals surface area contributed by atoms with E-state index < -0.39 is 47.4 Å².